The molecule has 134 valence electrons. The highest BCUT2D eigenvalue weighted by atomic mass is 35.5. The Morgan fingerprint density at radius 2 is 2.19 bits per heavy atom. The third-order valence-corrected chi connectivity index (χ3v) is 5.63. The summed E-state index contributed by atoms with van der Waals surface area (Å²) in [5.41, 5.74) is 0.478. The van der Waals surface area contributed by atoms with Crippen LogP contribution in [0.4, 0.5) is 5.69 Å². The third-order valence-electron chi connectivity index (χ3n) is 3.27. The predicted molar refractivity (Wildman–Crippen MR) is 110 cm³/mol. The number of rotatable bonds is 6. The first-order chi connectivity index (χ1) is 12.5. The molecule has 0 radical (unpaired) electrons. The Balaban J connectivity index is 1.60. The number of hydrogen-bond donors (Lipinski definition) is 2. The smallest absolute Gasteiger partial charge is 0.237 e. The van der Waals surface area contributed by atoms with Crippen molar-refractivity contribution in [1.29, 1.82) is 0 Å². The fourth-order valence-electron chi connectivity index (χ4n) is 1.97. The van der Waals surface area contributed by atoms with E-state index in [0.29, 0.717) is 26.7 Å². The van der Waals surface area contributed by atoms with Gasteiger partial charge in [-0.15, -0.1) is 16.4 Å². The number of thiophene rings is 1. The number of thioether (sulfide) groups is 1. The minimum absolute atomic E-state index is 0.209. The molecule has 3 rings (SSSR count). The highest BCUT2D eigenvalue weighted by Crippen LogP contribution is 2.27. The molecule has 26 heavy (non-hydrogen) atoms. The van der Waals surface area contributed by atoms with Gasteiger partial charge in [0.25, 0.3) is 0 Å². The molecule has 1 atom stereocenters. The second kappa shape index (κ2) is 8.73. The first kappa shape index (κ1) is 19.0. The summed E-state index contributed by atoms with van der Waals surface area (Å²) in [5, 5.41) is 12.8. The van der Waals surface area contributed by atoms with Gasteiger partial charge in [-0.2, -0.15) is 0 Å². The Morgan fingerprint density at radius 1 is 1.35 bits per heavy atom. The molecule has 5 nitrogen and oxygen atoms in total. The lowest BCUT2D eigenvalue weighted by molar-refractivity contribution is -0.115. The second-order valence-corrected chi connectivity index (χ2v) is 8.36. The van der Waals surface area contributed by atoms with Crippen LogP contribution >= 0.6 is 46.3 Å². The summed E-state index contributed by atoms with van der Waals surface area (Å²) in [6.45, 7) is 1.77. The number of benzene rings is 1. The highest BCUT2D eigenvalue weighted by molar-refractivity contribution is 8.00. The first-order valence-corrected chi connectivity index (χ1v) is 10.1. The van der Waals surface area contributed by atoms with Crippen molar-refractivity contribution in [3.8, 4) is 0 Å². The number of carbonyl (C=O) groups is 1. The van der Waals surface area contributed by atoms with E-state index >= 15 is 0 Å². The van der Waals surface area contributed by atoms with Gasteiger partial charge in [0.1, 0.15) is 5.82 Å². The number of nitrogens with one attached hydrogen (secondary N) is 2. The molecule has 1 amide bonds. The lowest BCUT2D eigenvalue weighted by atomic mass is 10.3. The van der Waals surface area contributed by atoms with Crippen LogP contribution in [0.15, 0.2) is 40.9 Å². The van der Waals surface area contributed by atoms with Crippen LogP contribution < -0.4 is 5.32 Å². The molecule has 2 N–H and O–H groups in total. The van der Waals surface area contributed by atoms with Gasteiger partial charge in [0.05, 0.1) is 16.0 Å². The standard InChI is InChI=1S/C17H14Cl2N4OS2/c1-10(16(24)20-14-9-11(18)4-6-13(14)19)26-17-21-15(22-23-17)7-5-12-3-2-8-25-12/h2-10H,1H3,(H,20,24)(H,21,22,23)/b7-5+. The minimum atomic E-state index is -0.407. The van der Waals surface area contributed by atoms with E-state index in [0.717, 1.165) is 4.88 Å². The summed E-state index contributed by atoms with van der Waals surface area (Å²) in [4.78, 5) is 17.8. The van der Waals surface area contributed by atoms with Gasteiger partial charge in [-0.3, -0.25) is 9.89 Å². The van der Waals surface area contributed by atoms with E-state index in [1.54, 1.807) is 36.5 Å². The van der Waals surface area contributed by atoms with Gasteiger partial charge in [0.15, 0.2) is 0 Å². The molecular formula is C17H14Cl2N4OS2. The molecule has 0 aliphatic heterocycles. The molecule has 3 aromatic rings. The predicted octanol–water partition coefficient (Wildman–Crippen LogP) is 5.46. The van der Waals surface area contributed by atoms with E-state index in [9.17, 15) is 4.79 Å². The van der Waals surface area contributed by atoms with Gasteiger partial charge in [0.2, 0.25) is 11.1 Å². The molecule has 0 aliphatic carbocycles. The molecule has 1 unspecified atom stereocenters. The van der Waals surface area contributed by atoms with Gasteiger partial charge in [0, 0.05) is 9.90 Å². The van der Waals surface area contributed by atoms with Gasteiger partial charge >= 0.3 is 0 Å². The fraction of sp³-hybridized carbons (Fsp3) is 0.118. The zero-order valence-corrected chi connectivity index (χ0v) is 16.7. The number of aromatic amines is 1. The minimum Gasteiger partial charge on any atom is -0.324 e. The highest BCUT2D eigenvalue weighted by Gasteiger charge is 2.18. The van der Waals surface area contributed by atoms with E-state index in [-0.39, 0.29) is 5.91 Å². The van der Waals surface area contributed by atoms with Crippen LogP contribution in [0.2, 0.25) is 10.0 Å². The van der Waals surface area contributed by atoms with Crippen LogP contribution in [0, 0.1) is 0 Å². The summed E-state index contributed by atoms with van der Waals surface area (Å²) in [5.74, 6) is 0.422. The Bertz CT molecular complexity index is 925. The van der Waals surface area contributed by atoms with E-state index in [2.05, 4.69) is 20.5 Å². The molecule has 0 bridgehead atoms. The molecular weight excluding hydrogens is 411 g/mol. The number of aromatic nitrogens is 3. The van der Waals surface area contributed by atoms with Gasteiger partial charge in [-0.05, 0) is 48.7 Å². The van der Waals surface area contributed by atoms with Crippen LogP contribution in [0.5, 0.6) is 0 Å². The molecule has 2 heterocycles. The van der Waals surface area contributed by atoms with Crippen LogP contribution in [0.1, 0.15) is 17.6 Å². The average Bonchev–Trinajstić information content (AvgIpc) is 3.28. The second-order valence-electron chi connectivity index (χ2n) is 5.23. The normalized spacial score (nSPS) is 12.4. The lowest BCUT2D eigenvalue weighted by Gasteiger charge is -2.11. The molecule has 9 heteroatoms. The van der Waals surface area contributed by atoms with Gasteiger partial charge in [-0.25, -0.2) is 4.98 Å². The van der Waals surface area contributed by atoms with E-state index < -0.39 is 5.25 Å². The zero-order valence-electron chi connectivity index (χ0n) is 13.6. The molecule has 0 aliphatic rings. The Kier molecular flexibility index (Phi) is 6.37. The lowest BCUT2D eigenvalue weighted by Crippen LogP contribution is -2.22. The quantitative estimate of drug-likeness (QED) is 0.515. The van der Waals surface area contributed by atoms with E-state index in [4.69, 9.17) is 23.2 Å². The maximum atomic E-state index is 12.4. The summed E-state index contributed by atoms with van der Waals surface area (Å²) in [7, 11) is 0. The third kappa shape index (κ3) is 5.11. The fourth-order valence-corrected chi connectivity index (χ4v) is 3.66. The molecule has 1 aromatic carbocycles. The average molecular weight is 425 g/mol. The monoisotopic (exact) mass is 424 g/mol. The van der Waals surface area contributed by atoms with Gasteiger partial charge < -0.3 is 5.32 Å². The topological polar surface area (TPSA) is 70.7 Å². The van der Waals surface area contributed by atoms with Crippen molar-refractivity contribution in [3.05, 3.63) is 56.5 Å². The maximum Gasteiger partial charge on any atom is 0.237 e. The summed E-state index contributed by atoms with van der Waals surface area (Å²) in [6, 6.07) is 8.91. The van der Waals surface area contributed by atoms with E-state index in [1.165, 1.54) is 11.8 Å². The van der Waals surface area contributed by atoms with Crippen LogP contribution in [0.25, 0.3) is 12.2 Å². The van der Waals surface area contributed by atoms with Crippen molar-refractivity contribution in [1.82, 2.24) is 15.2 Å². The summed E-state index contributed by atoms with van der Waals surface area (Å²) in [6.07, 6.45) is 3.80. The van der Waals surface area contributed by atoms with Crippen molar-refractivity contribution in [2.24, 2.45) is 0 Å². The number of halogens is 2. The molecule has 0 saturated heterocycles. The molecule has 0 saturated carbocycles. The van der Waals surface area contributed by atoms with Crippen LogP contribution in [0.3, 0.4) is 0 Å². The maximum absolute atomic E-state index is 12.4. The molecule has 2 aromatic heterocycles. The Labute approximate surface area is 168 Å². The van der Waals surface area contributed by atoms with Crippen molar-refractivity contribution in [2.45, 2.75) is 17.3 Å². The summed E-state index contributed by atoms with van der Waals surface area (Å²) < 4.78 is 0. The SMILES string of the molecule is CC(Sc1n[nH]c(/C=C/c2cccs2)n1)C(=O)Nc1cc(Cl)ccc1Cl. The van der Waals surface area contributed by atoms with Crippen molar-refractivity contribution < 1.29 is 4.79 Å². The number of carbonyl (C=O) groups excluding carboxylic acids is 1. The van der Waals surface area contributed by atoms with Crippen molar-refractivity contribution in [3.63, 3.8) is 0 Å². The van der Waals surface area contributed by atoms with Crippen LogP contribution in [-0.2, 0) is 4.79 Å². The number of nitrogens with zero attached hydrogens (tertiary/aromatic N) is 2. The molecule has 0 spiro atoms. The van der Waals surface area contributed by atoms with Crippen molar-refractivity contribution >= 4 is 70.0 Å². The van der Waals surface area contributed by atoms with Crippen LogP contribution in [-0.4, -0.2) is 26.3 Å². The van der Waals surface area contributed by atoms with Gasteiger partial charge in [-0.1, -0.05) is 41.0 Å². The number of anilines is 1. The Morgan fingerprint density at radius 3 is 2.96 bits per heavy atom. The Hall–Kier alpha value is -1.80. The summed E-state index contributed by atoms with van der Waals surface area (Å²) >= 11 is 14.9. The molecule has 0 fully saturated rings. The van der Waals surface area contributed by atoms with E-state index in [1.807, 2.05) is 29.7 Å². The number of hydrogen-bond acceptors (Lipinski definition) is 5. The number of H-pyrrole nitrogens is 1. The zero-order chi connectivity index (χ0) is 18.5. The largest absolute Gasteiger partial charge is 0.324 e. The number of amides is 1. The van der Waals surface area contributed by atoms with Crippen molar-refractivity contribution in [2.75, 3.05) is 5.32 Å². The first-order valence-electron chi connectivity index (χ1n) is 7.58.